The number of nitrogens with zero attached hydrogens (tertiary/aromatic N) is 2. The van der Waals surface area contributed by atoms with Gasteiger partial charge in [-0.2, -0.15) is 0 Å². The van der Waals surface area contributed by atoms with E-state index in [4.69, 9.17) is 5.73 Å². The molecule has 0 spiro atoms. The van der Waals surface area contributed by atoms with Gasteiger partial charge in [-0.1, -0.05) is 19.3 Å². The van der Waals surface area contributed by atoms with Crippen LogP contribution >= 0.6 is 0 Å². The molecule has 3 unspecified atom stereocenters. The average Bonchev–Trinajstić information content (AvgIpc) is 2.39. The van der Waals surface area contributed by atoms with Gasteiger partial charge in [0.05, 0.1) is 0 Å². The number of piperidine rings is 1. The smallest absolute Gasteiger partial charge is 0.0248 e. The zero-order chi connectivity index (χ0) is 11.7. The van der Waals surface area contributed by atoms with Crippen molar-refractivity contribution in [3.63, 3.8) is 0 Å². The SMILES string of the molecule is NC1CCCCC1N1CCN2CCCCC2C1. The number of fused-ring (bicyclic) bond motifs is 1. The third kappa shape index (κ3) is 2.51. The van der Waals surface area contributed by atoms with E-state index < -0.39 is 0 Å². The minimum atomic E-state index is 0.443. The van der Waals surface area contributed by atoms with Crippen molar-refractivity contribution in [1.82, 2.24) is 9.80 Å². The summed E-state index contributed by atoms with van der Waals surface area (Å²) >= 11 is 0. The molecule has 2 N–H and O–H groups in total. The molecule has 1 aliphatic carbocycles. The molecule has 3 heteroatoms. The van der Waals surface area contributed by atoms with Gasteiger partial charge in [-0.25, -0.2) is 0 Å². The summed E-state index contributed by atoms with van der Waals surface area (Å²) in [7, 11) is 0. The Labute approximate surface area is 105 Å². The van der Waals surface area contributed by atoms with Crippen molar-refractivity contribution in [3.8, 4) is 0 Å². The first-order chi connectivity index (χ1) is 8.34. The fourth-order valence-corrected chi connectivity index (χ4v) is 4.07. The van der Waals surface area contributed by atoms with Crippen molar-refractivity contribution >= 4 is 0 Å². The lowest BCUT2D eigenvalue weighted by molar-refractivity contribution is 0.0133. The quantitative estimate of drug-likeness (QED) is 0.749. The normalized spacial score (nSPS) is 41.1. The van der Waals surface area contributed by atoms with E-state index in [1.54, 1.807) is 0 Å². The van der Waals surface area contributed by atoms with Crippen LogP contribution in [0.5, 0.6) is 0 Å². The van der Waals surface area contributed by atoms with Gasteiger partial charge in [0, 0.05) is 37.8 Å². The molecule has 3 atom stereocenters. The number of rotatable bonds is 1. The van der Waals surface area contributed by atoms with Crippen LogP contribution < -0.4 is 5.73 Å². The fraction of sp³-hybridized carbons (Fsp3) is 1.00. The largest absolute Gasteiger partial charge is 0.326 e. The van der Waals surface area contributed by atoms with E-state index in [2.05, 4.69) is 9.80 Å². The molecule has 17 heavy (non-hydrogen) atoms. The van der Waals surface area contributed by atoms with Gasteiger partial charge in [0.15, 0.2) is 0 Å². The van der Waals surface area contributed by atoms with Crippen LogP contribution in [-0.2, 0) is 0 Å². The molecule has 0 radical (unpaired) electrons. The van der Waals surface area contributed by atoms with Crippen LogP contribution in [0.1, 0.15) is 44.9 Å². The monoisotopic (exact) mass is 237 g/mol. The van der Waals surface area contributed by atoms with Crippen molar-refractivity contribution < 1.29 is 0 Å². The summed E-state index contributed by atoms with van der Waals surface area (Å²) < 4.78 is 0. The van der Waals surface area contributed by atoms with Gasteiger partial charge in [-0.05, 0) is 32.2 Å². The molecule has 98 valence electrons. The molecule has 0 bridgehead atoms. The summed E-state index contributed by atoms with van der Waals surface area (Å²) in [5, 5.41) is 0. The Morgan fingerprint density at radius 3 is 2.41 bits per heavy atom. The van der Waals surface area contributed by atoms with E-state index in [0.29, 0.717) is 12.1 Å². The summed E-state index contributed by atoms with van der Waals surface area (Å²) in [6.07, 6.45) is 9.59. The molecule has 0 aromatic carbocycles. The Morgan fingerprint density at radius 2 is 1.53 bits per heavy atom. The van der Waals surface area contributed by atoms with E-state index in [1.165, 1.54) is 71.1 Å². The second-order valence-corrected chi connectivity index (χ2v) is 6.20. The summed E-state index contributed by atoms with van der Waals surface area (Å²) in [6.45, 7) is 5.18. The van der Waals surface area contributed by atoms with Crippen LogP contribution in [0.25, 0.3) is 0 Å². The van der Waals surface area contributed by atoms with Gasteiger partial charge in [0.25, 0.3) is 0 Å². The highest BCUT2D eigenvalue weighted by molar-refractivity contribution is 4.92. The lowest BCUT2D eigenvalue weighted by atomic mass is 9.88. The number of hydrogen-bond acceptors (Lipinski definition) is 3. The summed E-state index contributed by atoms with van der Waals surface area (Å²) in [4.78, 5) is 5.44. The highest BCUT2D eigenvalue weighted by Crippen LogP contribution is 2.27. The van der Waals surface area contributed by atoms with Crippen molar-refractivity contribution in [2.24, 2.45) is 5.73 Å². The first kappa shape index (κ1) is 11.9. The topological polar surface area (TPSA) is 32.5 Å². The summed E-state index contributed by atoms with van der Waals surface area (Å²) in [5.41, 5.74) is 6.32. The maximum Gasteiger partial charge on any atom is 0.0248 e. The van der Waals surface area contributed by atoms with Crippen molar-refractivity contribution in [3.05, 3.63) is 0 Å². The maximum atomic E-state index is 6.32. The van der Waals surface area contributed by atoms with Gasteiger partial charge < -0.3 is 5.73 Å². The zero-order valence-electron chi connectivity index (χ0n) is 11.0. The van der Waals surface area contributed by atoms with E-state index in [-0.39, 0.29) is 0 Å². The summed E-state index contributed by atoms with van der Waals surface area (Å²) in [6, 6.07) is 1.97. The van der Waals surface area contributed by atoms with E-state index in [9.17, 15) is 0 Å². The van der Waals surface area contributed by atoms with Crippen molar-refractivity contribution in [1.29, 1.82) is 0 Å². The van der Waals surface area contributed by atoms with Crippen LogP contribution in [0.3, 0.4) is 0 Å². The number of piperazine rings is 1. The second-order valence-electron chi connectivity index (χ2n) is 6.20. The third-order valence-corrected chi connectivity index (χ3v) is 5.12. The fourth-order valence-electron chi connectivity index (χ4n) is 4.07. The number of hydrogen-bond donors (Lipinski definition) is 1. The highest BCUT2D eigenvalue weighted by Gasteiger charge is 2.34. The molecular weight excluding hydrogens is 210 g/mol. The Morgan fingerprint density at radius 1 is 0.765 bits per heavy atom. The molecule has 3 rings (SSSR count). The van der Waals surface area contributed by atoms with Gasteiger partial charge >= 0.3 is 0 Å². The molecular formula is C14H27N3. The maximum absolute atomic E-state index is 6.32. The standard InChI is InChI=1S/C14H27N3/c15-13-6-1-2-7-14(13)17-10-9-16-8-4-3-5-12(16)11-17/h12-14H,1-11,15H2. The van der Waals surface area contributed by atoms with Gasteiger partial charge in [0.1, 0.15) is 0 Å². The lowest BCUT2D eigenvalue weighted by Crippen LogP contribution is -2.60. The predicted molar refractivity (Wildman–Crippen MR) is 71.0 cm³/mol. The molecule has 1 saturated carbocycles. The molecule has 2 heterocycles. The van der Waals surface area contributed by atoms with Crippen LogP contribution in [0.15, 0.2) is 0 Å². The van der Waals surface area contributed by atoms with Crippen LogP contribution in [-0.4, -0.2) is 54.1 Å². The Hall–Kier alpha value is -0.120. The molecule has 0 amide bonds. The number of nitrogens with two attached hydrogens (primary N) is 1. The van der Waals surface area contributed by atoms with Crippen molar-refractivity contribution in [2.75, 3.05) is 26.2 Å². The Bertz CT molecular complexity index is 256. The first-order valence-electron chi connectivity index (χ1n) is 7.58. The molecule has 3 aliphatic rings. The highest BCUT2D eigenvalue weighted by atomic mass is 15.3. The van der Waals surface area contributed by atoms with Gasteiger partial charge in [0.2, 0.25) is 0 Å². The van der Waals surface area contributed by atoms with Crippen LogP contribution in [0.4, 0.5) is 0 Å². The molecule has 3 fully saturated rings. The van der Waals surface area contributed by atoms with Crippen molar-refractivity contribution in [2.45, 2.75) is 63.1 Å². The van der Waals surface area contributed by atoms with E-state index in [1.807, 2.05) is 0 Å². The van der Waals surface area contributed by atoms with Gasteiger partial charge in [-0.3, -0.25) is 9.80 Å². The Balaban J connectivity index is 1.60. The van der Waals surface area contributed by atoms with Gasteiger partial charge in [-0.15, -0.1) is 0 Å². The van der Waals surface area contributed by atoms with Crippen LogP contribution in [0.2, 0.25) is 0 Å². The third-order valence-electron chi connectivity index (χ3n) is 5.12. The first-order valence-corrected chi connectivity index (χ1v) is 7.58. The molecule has 0 aromatic rings. The van der Waals surface area contributed by atoms with E-state index >= 15 is 0 Å². The predicted octanol–water partition coefficient (Wildman–Crippen LogP) is 1.43. The average molecular weight is 237 g/mol. The minimum Gasteiger partial charge on any atom is -0.326 e. The Kier molecular flexibility index (Phi) is 3.69. The molecule has 3 nitrogen and oxygen atoms in total. The molecule has 2 aliphatic heterocycles. The van der Waals surface area contributed by atoms with Crippen LogP contribution in [0, 0.1) is 0 Å². The molecule has 0 aromatic heterocycles. The second kappa shape index (κ2) is 5.25. The zero-order valence-corrected chi connectivity index (χ0v) is 11.0. The lowest BCUT2D eigenvalue weighted by Gasteiger charge is -2.48. The molecule has 2 saturated heterocycles. The van der Waals surface area contributed by atoms with E-state index in [0.717, 1.165) is 6.04 Å². The minimum absolute atomic E-state index is 0.443. The summed E-state index contributed by atoms with van der Waals surface area (Å²) in [5.74, 6) is 0.